The van der Waals surface area contributed by atoms with Gasteiger partial charge in [-0.15, -0.1) is 24.0 Å². The van der Waals surface area contributed by atoms with Crippen molar-refractivity contribution in [1.82, 2.24) is 5.32 Å². The minimum Gasteiger partial charge on any atom is -0.469 e. The molecule has 0 aliphatic carbocycles. The second-order valence-corrected chi connectivity index (χ2v) is 5.47. The first-order chi connectivity index (χ1) is 10.1. The molecule has 1 unspecified atom stereocenters. The Hall–Kier alpha value is -0.920. The molecule has 0 spiro atoms. The third-order valence-corrected chi connectivity index (χ3v) is 3.58. The minimum atomic E-state index is -0.0536. The Labute approximate surface area is 157 Å². The molecule has 1 atom stereocenters. The van der Waals surface area contributed by atoms with Crippen molar-refractivity contribution in [2.75, 3.05) is 6.54 Å². The normalized spacial score (nSPS) is 12.6. The van der Waals surface area contributed by atoms with E-state index in [9.17, 15) is 0 Å². The summed E-state index contributed by atoms with van der Waals surface area (Å²) in [6, 6.07) is 9.09. The van der Waals surface area contributed by atoms with E-state index in [-0.39, 0.29) is 30.0 Å². The van der Waals surface area contributed by atoms with E-state index in [2.05, 4.69) is 10.3 Å². The van der Waals surface area contributed by atoms with Crippen LogP contribution in [0, 0.1) is 0 Å². The summed E-state index contributed by atoms with van der Waals surface area (Å²) in [6.07, 6.45) is 2.36. The molecule has 0 saturated heterocycles. The van der Waals surface area contributed by atoms with Crippen LogP contribution in [0.2, 0.25) is 10.0 Å². The van der Waals surface area contributed by atoms with Gasteiger partial charge in [-0.3, -0.25) is 4.99 Å². The highest BCUT2D eigenvalue weighted by atomic mass is 127. The summed E-state index contributed by atoms with van der Waals surface area (Å²) < 4.78 is 5.23. The largest absolute Gasteiger partial charge is 0.469 e. The Morgan fingerprint density at radius 2 is 2.14 bits per heavy atom. The number of hydrogen-bond donors (Lipinski definition) is 2. The van der Waals surface area contributed by atoms with Gasteiger partial charge < -0.3 is 15.5 Å². The number of halogens is 3. The summed E-state index contributed by atoms with van der Waals surface area (Å²) in [5.74, 6) is 1.26. The van der Waals surface area contributed by atoms with E-state index < -0.39 is 0 Å². The van der Waals surface area contributed by atoms with Crippen LogP contribution >= 0.6 is 47.2 Å². The summed E-state index contributed by atoms with van der Waals surface area (Å²) in [7, 11) is 0. The molecule has 2 aromatic rings. The number of furan rings is 1. The zero-order valence-corrected chi connectivity index (χ0v) is 15.9. The van der Waals surface area contributed by atoms with Gasteiger partial charge in [-0.1, -0.05) is 29.3 Å². The molecule has 1 aromatic heterocycles. The average molecular weight is 454 g/mol. The fraction of sp³-hybridized carbons (Fsp3) is 0.267. The Balaban J connectivity index is 0.00000242. The molecule has 7 heteroatoms. The Bertz CT molecular complexity index is 617. The SMILES string of the molecule is CC(NC(N)=NCCc1ccco1)c1ccc(Cl)cc1Cl.I. The second-order valence-electron chi connectivity index (χ2n) is 4.63. The fourth-order valence-corrected chi connectivity index (χ4v) is 2.51. The lowest BCUT2D eigenvalue weighted by atomic mass is 10.1. The Kier molecular flexibility index (Phi) is 8.06. The van der Waals surface area contributed by atoms with Gasteiger partial charge in [0.15, 0.2) is 5.96 Å². The van der Waals surface area contributed by atoms with Crippen LogP contribution in [0.15, 0.2) is 46.0 Å². The second kappa shape index (κ2) is 9.27. The van der Waals surface area contributed by atoms with Gasteiger partial charge in [0, 0.05) is 23.0 Å². The predicted molar refractivity (Wildman–Crippen MR) is 102 cm³/mol. The van der Waals surface area contributed by atoms with Crippen LogP contribution < -0.4 is 11.1 Å². The van der Waals surface area contributed by atoms with Crippen molar-refractivity contribution in [3.05, 3.63) is 58.0 Å². The standard InChI is InChI=1S/C15H17Cl2N3O.HI/c1-10(13-5-4-11(16)9-14(13)17)20-15(18)19-7-6-12-3-2-8-21-12;/h2-5,8-10H,6-7H2,1H3,(H3,18,19,20);1H. The average Bonchev–Trinajstić information content (AvgIpc) is 2.91. The minimum absolute atomic E-state index is 0. The fourth-order valence-electron chi connectivity index (χ4n) is 1.94. The summed E-state index contributed by atoms with van der Waals surface area (Å²) in [5, 5.41) is 4.32. The predicted octanol–water partition coefficient (Wildman–Crippen LogP) is 4.41. The first kappa shape index (κ1) is 19.1. The third kappa shape index (κ3) is 5.70. The summed E-state index contributed by atoms with van der Waals surface area (Å²) in [4.78, 5) is 4.27. The van der Waals surface area contributed by atoms with Crippen molar-refractivity contribution in [3.63, 3.8) is 0 Å². The Morgan fingerprint density at radius 3 is 2.77 bits per heavy atom. The highest BCUT2D eigenvalue weighted by Gasteiger charge is 2.10. The maximum atomic E-state index is 6.16. The molecule has 0 amide bonds. The topological polar surface area (TPSA) is 63.5 Å². The number of nitrogens with zero attached hydrogens (tertiary/aromatic N) is 1. The third-order valence-electron chi connectivity index (χ3n) is 3.01. The molecule has 4 nitrogen and oxygen atoms in total. The first-order valence-corrected chi connectivity index (χ1v) is 7.35. The molecular formula is C15H18Cl2IN3O. The van der Waals surface area contributed by atoms with Crippen molar-refractivity contribution in [2.24, 2.45) is 10.7 Å². The number of aliphatic imine (C=N–C) groups is 1. The molecule has 2 rings (SSSR count). The van der Waals surface area contributed by atoms with Gasteiger partial charge in [0.2, 0.25) is 0 Å². The highest BCUT2D eigenvalue weighted by molar-refractivity contribution is 14.0. The van der Waals surface area contributed by atoms with E-state index >= 15 is 0 Å². The van der Waals surface area contributed by atoms with Gasteiger partial charge in [0.25, 0.3) is 0 Å². The molecule has 1 heterocycles. The Morgan fingerprint density at radius 1 is 1.36 bits per heavy atom. The molecule has 0 saturated carbocycles. The van der Waals surface area contributed by atoms with Crippen LogP contribution in [0.1, 0.15) is 24.3 Å². The zero-order chi connectivity index (χ0) is 15.2. The van der Waals surface area contributed by atoms with Crippen molar-refractivity contribution in [1.29, 1.82) is 0 Å². The van der Waals surface area contributed by atoms with Crippen molar-refractivity contribution < 1.29 is 4.42 Å². The smallest absolute Gasteiger partial charge is 0.189 e. The maximum Gasteiger partial charge on any atom is 0.189 e. The number of benzene rings is 1. The quantitative estimate of drug-likeness (QED) is 0.400. The molecule has 0 radical (unpaired) electrons. The lowest BCUT2D eigenvalue weighted by Crippen LogP contribution is -2.34. The van der Waals surface area contributed by atoms with Crippen LogP contribution in [-0.4, -0.2) is 12.5 Å². The summed E-state index contributed by atoms with van der Waals surface area (Å²) in [5.41, 5.74) is 6.79. The molecule has 0 bridgehead atoms. The van der Waals surface area contributed by atoms with Crippen LogP contribution in [0.25, 0.3) is 0 Å². The van der Waals surface area contributed by atoms with Crippen molar-refractivity contribution in [3.8, 4) is 0 Å². The van der Waals surface area contributed by atoms with E-state index in [4.69, 9.17) is 33.4 Å². The van der Waals surface area contributed by atoms with Gasteiger partial charge in [-0.05, 0) is 36.8 Å². The van der Waals surface area contributed by atoms with E-state index in [0.717, 1.165) is 11.3 Å². The van der Waals surface area contributed by atoms with Gasteiger partial charge in [0.1, 0.15) is 5.76 Å². The van der Waals surface area contributed by atoms with Crippen molar-refractivity contribution in [2.45, 2.75) is 19.4 Å². The van der Waals surface area contributed by atoms with E-state index in [1.165, 1.54) is 0 Å². The first-order valence-electron chi connectivity index (χ1n) is 6.60. The molecule has 0 aliphatic heterocycles. The number of hydrogen-bond acceptors (Lipinski definition) is 2. The van der Waals surface area contributed by atoms with Crippen LogP contribution in [0.4, 0.5) is 0 Å². The highest BCUT2D eigenvalue weighted by Crippen LogP contribution is 2.25. The van der Waals surface area contributed by atoms with Crippen LogP contribution in [0.5, 0.6) is 0 Å². The molecule has 22 heavy (non-hydrogen) atoms. The van der Waals surface area contributed by atoms with E-state index in [1.54, 1.807) is 18.4 Å². The van der Waals surface area contributed by atoms with Crippen LogP contribution in [-0.2, 0) is 6.42 Å². The monoisotopic (exact) mass is 453 g/mol. The molecule has 1 aromatic carbocycles. The lowest BCUT2D eigenvalue weighted by molar-refractivity contribution is 0.511. The number of nitrogens with one attached hydrogen (secondary N) is 1. The number of guanidine groups is 1. The molecular weight excluding hydrogens is 436 g/mol. The zero-order valence-electron chi connectivity index (χ0n) is 12.1. The van der Waals surface area contributed by atoms with E-state index in [0.29, 0.717) is 29.0 Å². The van der Waals surface area contributed by atoms with Crippen molar-refractivity contribution >= 4 is 53.1 Å². The van der Waals surface area contributed by atoms with Gasteiger partial charge >= 0.3 is 0 Å². The molecule has 120 valence electrons. The van der Waals surface area contributed by atoms with Gasteiger partial charge in [-0.2, -0.15) is 0 Å². The van der Waals surface area contributed by atoms with Gasteiger partial charge in [0.05, 0.1) is 12.3 Å². The molecule has 3 N–H and O–H groups in total. The summed E-state index contributed by atoms with van der Waals surface area (Å²) >= 11 is 12.0. The van der Waals surface area contributed by atoms with E-state index in [1.807, 2.05) is 25.1 Å². The number of rotatable bonds is 5. The molecule has 0 aliphatic rings. The summed E-state index contributed by atoms with van der Waals surface area (Å²) in [6.45, 7) is 2.53. The maximum absolute atomic E-state index is 6.16. The molecule has 0 fully saturated rings. The van der Waals surface area contributed by atoms with Gasteiger partial charge in [-0.25, -0.2) is 0 Å². The lowest BCUT2D eigenvalue weighted by Gasteiger charge is -2.16. The number of nitrogens with two attached hydrogens (primary N) is 1. The van der Waals surface area contributed by atoms with Crippen LogP contribution in [0.3, 0.4) is 0 Å².